The number of carbonyl (C=O) groups excluding carboxylic acids is 3. The number of benzene rings is 1. The fraction of sp³-hybridized carbons (Fsp3) is 0.458. The highest BCUT2D eigenvalue weighted by atomic mass is 32.2. The Kier molecular flexibility index (Phi) is 5.94. The SMILES string of the molecule is Cc1cc(CS(C)=O)c(O)c2c1CC1CC3C(N(C)C)C(=O)C(C(N)=O)=C(O)C3(O)C(=O)C1=C2O. The van der Waals surface area contributed by atoms with E-state index in [2.05, 4.69) is 0 Å². The lowest BCUT2D eigenvalue weighted by atomic mass is 9.57. The number of primary amides is 1. The number of ketones is 2. The third-order valence-corrected chi connectivity index (χ3v) is 8.10. The van der Waals surface area contributed by atoms with Crippen LogP contribution in [-0.4, -0.2) is 79.0 Å². The highest BCUT2D eigenvalue weighted by molar-refractivity contribution is 7.83. The number of aryl methyl sites for hydroxylation is 1. The summed E-state index contributed by atoms with van der Waals surface area (Å²) in [7, 11) is 1.82. The average molecular weight is 505 g/mol. The summed E-state index contributed by atoms with van der Waals surface area (Å²) in [6.07, 6.45) is 1.73. The summed E-state index contributed by atoms with van der Waals surface area (Å²) in [5, 5.41) is 44.5. The highest BCUT2D eigenvalue weighted by Crippen LogP contribution is 2.53. The van der Waals surface area contributed by atoms with Gasteiger partial charge < -0.3 is 26.2 Å². The van der Waals surface area contributed by atoms with Gasteiger partial charge in [-0.25, -0.2) is 0 Å². The van der Waals surface area contributed by atoms with Crippen molar-refractivity contribution >= 4 is 34.0 Å². The zero-order chi connectivity index (χ0) is 26.1. The maximum absolute atomic E-state index is 13.8. The molecule has 0 radical (unpaired) electrons. The minimum absolute atomic E-state index is 0.0155. The molecule has 3 aliphatic carbocycles. The van der Waals surface area contributed by atoms with Gasteiger partial charge in [0.1, 0.15) is 22.8 Å². The number of aliphatic hydroxyl groups is 3. The molecule has 10 nitrogen and oxygen atoms in total. The molecule has 188 valence electrons. The normalized spacial score (nSPS) is 29.1. The largest absolute Gasteiger partial charge is 0.508 e. The smallest absolute Gasteiger partial charge is 0.255 e. The van der Waals surface area contributed by atoms with Gasteiger partial charge in [-0.2, -0.15) is 0 Å². The van der Waals surface area contributed by atoms with E-state index in [1.807, 2.05) is 0 Å². The molecule has 35 heavy (non-hydrogen) atoms. The van der Waals surface area contributed by atoms with Crippen molar-refractivity contribution in [1.29, 1.82) is 0 Å². The van der Waals surface area contributed by atoms with Crippen molar-refractivity contribution in [1.82, 2.24) is 4.90 Å². The summed E-state index contributed by atoms with van der Waals surface area (Å²) >= 11 is 0. The second kappa shape index (κ2) is 8.28. The molecule has 0 heterocycles. The molecule has 6 N–H and O–H groups in total. The molecule has 3 aliphatic rings. The topological polar surface area (TPSA) is 178 Å². The van der Waals surface area contributed by atoms with Crippen molar-refractivity contribution in [3.05, 3.63) is 45.2 Å². The first-order valence-electron chi connectivity index (χ1n) is 11.0. The molecule has 0 bridgehead atoms. The lowest BCUT2D eigenvalue weighted by Crippen LogP contribution is -2.65. The minimum Gasteiger partial charge on any atom is -0.508 e. The zero-order valence-electron chi connectivity index (χ0n) is 19.8. The van der Waals surface area contributed by atoms with Crippen LogP contribution in [0.2, 0.25) is 0 Å². The van der Waals surface area contributed by atoms with Crippen LogP contribution in [-0.2, 0) is 37.4 Å². The van der Waals surface area contributed by atoms with Crippen molar-refractivity contribution < 1.29 is 39.0 Å². The Morgan fingerprint density at radius 3 is 2.43 bits per heavy atom. The summed E-state index contributed by atoms with van der Waals surface area (Å²) in [6.45, 7) is 1.78. The zero-order valence-corrected chi connectivity index (χ0v) is 20.6. The van der Waals surface area contributed by atoms with Crippen LogP contribution in [0.4, 0.5) is 0 Å². The van der Waals surface area contributed by atoms with Crippen molar-refractivity contribution in [2.75, 3.05) is 20.4 Å². The fourth-order valence-electron chi connectivity index (χ4n) is 5.90. The highest BCUT2D eigenvalue weighted by Gasteiger charge is 2.64. The number of hydrogen-bond acceptors (Lipinski definition) is 9. The Morgan fingerprint density at radius 2 is 1.89 bits per heavy atom. The second-order valence-corrected chi connectivity index (χ2v) is 11.2. The lowest BCUT2D eigenvalue weighted by Gasteiger charge is -2.50. The van der Waals surface area contributed by atoms with Gasteiger partial charge in [0.15, 0.2) is 11.4 Å². The van der Waals surface area contributed by atoms with Crippen molar-refractivity contribution in [2.24, 2.45) is 17.6 Å². The average Bonchev–Trinajstić information content (AvgIpc) is 2.73. The van der Waals surface area contributed by atoms with E-state index in [1.165, 1.54) is 11.2 Å². The van der Waals surface area contributed by atoms with Crippen molar-refractivity contribution in [3.63, 3.8) is 0 Å². The van der Waals surface area contributed by atoms with Crippen LogP contribution in [0.3, 0.4) is 0 Å². The summed E-state index contributed by atoms with van der Waals surface area (Å²) in [4.78, 5) is 40.3. The number of rotatable bonds is 4. The first kappa shape index (κ1) is 25.1. The van der Waals surface area contributed by atoms with Gasteiger partial charge in [0.2, 0.25) is 5.78 Å². The maximum Gasteiger partial charge on any atom is 0.255 e. The van der Waals surface area contributed by atoms with Crippen molar-refractivity contribution in [3.8, 4) is 5.75 Å². The van der Waals surface area contributed by atoms with E-state index in [-0.39, 0.29) is 35.5 Å². The minimum atomic E-state index is -2.67. The molecule has 0 aliphatic heterocycles. The van der Waals surface area contributed by atoms with Gasteiger partial charge in [-0.3, -0.25) is 23.5 Å². The summed E-state index contributed by atoms with van der Waals surface area (Å²) in [6, 6.07) is 0.568. The molecule has 1 amide bonds. The molecule has 1 saturated carbocycles. The van der Waals surface area contributed by atoms with E-state index in [0.29, 0.717) is 11.1 Å². The van der Waals surface area contributed by atoms with Gasteiger partial charge in [-0.05, 0) is 50.9 Å². The summed E-state index contributed by atoms with van der Waals surface area (Å²) in [5.74, 6) is -6.81. The molecule has 11 heteroatoms. The monoisotopic (exact) mass is 504 g/mol. The predicted molar refractivity (Wildman–Crippen MR) is 127 cm³/mol. The fourth-order valence-corrected chi connectivity index (χ4v) is 6.55. The number of nitrogens with zero attached hydrogens (tertiary/aromatic N) is 1. The number of amides is 1. The van der Waals surface area contributed by atoms with Gasteiger partial charge in [0.25, 0.3) is 5.91 Å². The van der Waals surface area contributed by atoms with E-state index in [9.17, 15) is 39.0 Å². The number of phenolic OH excluding ortho intramolecular Hbond substituents is 1. The molecule has 0 saturated heterocycles. The van der Waals surface area contributed by atoms with E-state index in [0.717, 1.165) is 5.56 Å². The quantitative estimate of drug-likeness (QED) is 0.357. The molecule has 0 spiro atoms. The van der Waals surface area contributed by atoms with E-state index in [1.54, 1.807) is 27.1 Å². The third-order valence-electron chi connectivity index (χ3n) is 7.38. The Labute approximate surface area is 204 Å². The van der Waals surface area contributed by atoms with Gasteiger partial charge in [-0.1, -0.05) is 6.07 Å². The Hall–Kier alpha value is -3.02. The second-order valence-electron chi connectivity index (χ2n) is 9.73. The van der Waals surface area contributed by atoms with Crippen LogP contribution >= 0.6 is 0 Å². The maximum atomic E-state index is 13.8. The summed E-state index contributed by atoms with van der Waals surface area (Å²) < 4.78 is 11.8. The van der Waals surface area contributed by atoms with Crippen LogP contribution in [0, 0.1) is 18.8 Å². The van der Waals surface area contributed by atoms with Gasteiger partial charge >= 0.3 is 0 Å². The lowest BCUT2D eigenvalue weighted by molar-refractivity contribution is -0.153. The number of hydrogen-bond donors (Lipinski definition) is 5. The molecule has 5 atom stereocenters. The first-order chi connectivity index (χ1) is 16.2. The van der Waals surface area contributed by atoms with E-state index >= 15 is 0 Å². The number of Topliss-reactive ketones (excluding diaryl/α,β-unsaturated/α-hetero) is 2. The first-order valence-corrected chi connectivity index (χ1v) is 12.7. The molecule has 5 unspecified atom stereocenters. The summed E-state index contributed by atoms with van der Waals surface area (Å²) in [5.41, 5.74) is 3.26. The van der Waals surface area contributed by atoms with Gasteiger partial charge in [0.05, 0.1) is 17.4 Å². The standard InChI is InChI=1S/C24H28N2O8S/c1-9-5-11(8-35(4)34)18(27)15-12(9)6-10-7-13-17(26(2)3)20(29)16(23(25)32)22(31)24(13,33)21(30)14(10)19(15)28/h5,10,13,17,27-28,31,33H,6-8H2,1-4H3,(H2,25,32). The Bertz CT molecular complexity index is 1280. The number of aromatic hydroxyl groups is 1. The number of carbonyl (C=O) groups is 3. The third kappa shape index (κ3) is 3.44. The molecular weight excluding hydrogens is 476 g/mol. The van der Waals surface area contributed by atoms with Crippen LogP contribution in [0.15, 0.2) is 23.0 Å². The van der Waals surface area contributed by atoms with Crippen LogP contribution < -0.4 is 5.73 Å². The Balaban J connectivity index is 1.97. The number of likely N-dealkylation sites (N-methyl/N-ethyl adjacent to an activating group) is 1. The van der Waals surface area contributed by atoms with Gasteiger partial charge in [-0.15, -0.1) is 0 Å². The van der Waals surface area contributed by atoms with Crippen LogP contribution in [0.1, 0.15) is 28.7 Å². The van der Waals surface area contributed by atoms with E-state index in [4.69, 9.17) is 5.73 Å². The molecular formula is C24H28N2O8S. The number of fused-ring (bicyclic) bond motifs is 3. The van der Waals surface area contributed by atoms with Gasteiger partial charge in [0, 0.05) is 34.1 Å². The van der Waals surface area contributed by atoms with Crippen LogP contribution in [0.5, 0.6) is 5.75 Å². The number of phenols is 1. The molecule has 0 aromatic heterocycles. The number of aliphatic hydroxyl groups excluding tert-OH is 2. The predicted octanol–water partition coefficient (Wildman–Crippen LogP) is 0.151. The molecule has 1 aromatic rings. The molecule has 1 fully saturated rings. The number of nitrogens with two attached hydrogens (primary N) is 1. The molecule has 1 aromatic carbocycles. The Morgan fingerprint density at radius 1 is 1.26 bits per heavy atom. The van der Waals surface area contributed by atoms with Crippen LogP contribution in [0.25, 0.3) is 5.76 Å². The van der Waals surface area contributed by atoms with E-state index < -0.39 is 68.8 Å². The molecule has 4 rings (SSSR count). The van der Waals surface area contributed by atoms with Crippen molar-refractivity contribution in [2.45, 2.75) is 37.2 Å².